The average molecular weight is 780 g/mol. The van der Waals surface area contributed by atoms with E-state index < -0.39 is 63.8 Å². The zero-order valence-electron chi connectivity index (χ0n) is 33.5. The third-order valence-corrected chi connectivity index (χ3v) is 14.0. The van der Waals surface area contributed by atoms with Crippen LogP contribution in [0.1, 0.15) is 91.2 Å². The van der Waals surface area contributed by atoms with Gasteiger partial charge in [0, 0.05) is 29.2 Å². The fourth-order valence-corrected chi connectivity index (χ4v) is 11.1. The highest BCUT2D eigenvalue weighted by atomic mass is 35.5. The summed E-state index contributed by atoms with van der Waals surface area (Å²) < 4.78 is 29.5. The topological polar surface area (TPSA) is 113 Å². The van der Waals surface area contributed by atoms with Crippen LogP contribution in [0.3, 0.4) is 0 Å². The highest BCUT2D eigenvalue weighted by Gasteiger charge is 2.80. The molecule has 0 bridgehead atoms. The smallest absolute Gasteiger partial charge is 0.193 e. The molecule has 0 aromatic heterocycles. The molecule has 1 saturated heterocycles. The van der Waals surface area contributed by atoms with Gasteiger partial charge in [-0.2, -0.15) is 0 Å². The van der Waals surface area contributed by atoms with E-state index in [4.69, 9.17) is 9.47 Å². The summed E-state index contributed by atoms with van der Waals surface area (Å²) in [6.07, 6.45) is 5.31. The Bertz CT molecular complexity index is 1780. The fraction of sp³-hybridized carbons (Fsp3) is 0.578. The highest BCUT2D eigenvalue weighted by Crippen LogP contribution is 2.72. The molecule has 9 atom stereocenters. The van der Waals surface area contributed by atoms with Crippen molar-refractivity contribution < 1.29 is 38.5 Å². The molecule has 2 aromatic rings. The average Bonchev–Trinajstić information content (AvgIpc) is 3.56. The van der Waals surface area contributed by atoms with E-state index in [0.717, 1.165) is 23.1 Å². The first-order valence-corrected chi connectivity index (χ1v) is 19.5. The van der Waals surface area contributed by atoms with Crippen LogP contribution in [-0.4, -0.2) is 88.5 Å². The van der Waals surface area contributed by atoms with Gasteiger partial charge in [-0.1, -0.05) is 86.2 Å². The molecule has 1 unspecified atom stereocenters. The zero-order valence-corrected chi connectivity index (χ0v) is 34.3. The van der Waals surface area contributed by atoms with E-state index in [1.165, 1.54) is 12.2 Å². The number of halogens is 2. The van der Waals surface area contributed by atoms with Crippen molar-refractivity contribution in [2.75, 3.05) is 20.7 Å². The summed E-state index contributed by atoms with van der Waals surface area (Å²) in [6.45, 7) is 10.6. The predicted molar refractivity (Wildman–Crippen MR) is 213 cm³/mol. The lowest BCUT2D eigenvalue weighted by Crippen LogP contribution is -2.70. The fourth-order valence-electron chi connectivity index (χ4n) is 11.1. The molecule has 8 nitrogen and oxygen atoms in total. The maximum Gasteiger partial charge on any atom is 0.193 e. The van der Waals surface area contributed by atoms with Gasteiger partial charge in [-0.05, 0) is 103 Å². The molecular formula is C45H59ClFNO7. The first-order valence-electron chi connectivity index (χ1n) is 19.5. The van der Waals surface area contributed by atoms with Crippen molar-refractivity contribution in [3.8, 4) is 0 Å². The summed E-state index contributed by atoms with van der Waals surface area (Å²) in [5.41, 5.74) is -3.06. The van der Waals surface area contributed by atoms with Crippen LogP contribution in [0.4, 0.5) is 4.39 Å². The molecule has 0 spiro atoms. The zero-order chi connectivity index (χ0) is 39.5. The number of alkyl halides is 1. The molecule has 4 fully saturated rings. The van der Waals surface area contributed by atoms with E-state index in [0.29, 0.717) is 31.7 Å². The molecule has 55 heavy (non-hydrogen) atoms. The van der Waals surface area contributed by atoms with Crippen molar-refractivity contribution in [3.05, 3.63) is 95.6 Å². The minimum Gasteiger partial charge on any atom is -0.390 e. The van der Waals surface area contributed by atoms with Crippen LogP contribution in [0, 0.1) is 22.7 Å². The third-order valence-electron chi connectivity index (χ3n) is 14.0. The number of hydrogen-bond donors (Lipinski definition) is 2. The number of ketones is 3. The molecule has 1 aliphatic heterocycles. The Hall–Kier alpha value is -3.05. The molecule has 0 radical (unpaired) electrons. The normalized spacial score (nSPS) is 34.8. The number of rotatable bonds is 9. The minimum atomic E-state index is -1.98. The molecule has 0 amide bonds. The van der Waals surface area contributed by atoms with Crippen LogP contribution in [0.5, 0.6) is 0 Å². The molecule has 3 saturated carbocycles. The lowest BCUT2D eigenvalue weighted by atomic mass is 9.44. The summed E-state index contributed by atoms with van der Waals surface area (Å²) in [5, 5.41) is 21.2. The van der Waals surface area contributed by atoms with Crippen LogP contribution in [0.2, 0.25) is 0 Å². The minimum absolute atomic E-state index is 0. The van der Waals surface area contributed by atoms with Crippen LogP contribution in [0.15, 0.2) is 84.5 Å². The standard InChI is InChI=1S/C24H31FO6.C21H27NO.ClH/c1-20(2)30-19-10-16-15-6-5-13-9-14(27)7-8-21(13,3)23(15,25)17(28)11-22(16,4)24(19,31-20)18(29)12-26;1-5-20(23)21(16-17(2)22(3)4,18-12-8-6-9-13-18)19-14-10-7-11-15-19;/h7-9,15-17,19,26,28H,5-6,10-12H2,1-4H3;6-15,17H,5,16H2,1-4H3;1H/t15-,16-,17-,19+,21-,22-,23-,24+;;/m0../s1. The second-order valence-electron chi connectivity index (χ2n) is 17.4. The van der Waals surface area contributed by atoms with Crippen molar-refractivity contribution in [3.63, 3.8) is 0 Å². The van der Waals surface area contributed by atoms with E-state index in [9.17, 15) is 24.6 Å². The maximum atomic E-state index is 17.1. The highest BCUT2D eigenvalue weighted by molar-refractivity contribution is 6.01. The Balaban J connectivity index is 0.000000217. The van der Waals surface area contributed by atoms with E-state index in [2.05, 4.69) is 50.2 Å². The van der Waals surface area contributed by atoms with Gasteiger partial charge in [-0.15, -0.1) is 12.4 Å². The molecule has 1 heterocycles. The molecule has 7 rings (SSSR count). The summed E-state index contributed by atoms with van der Waals surface area (Å²) in [7, 11) is 4.14. The van der Waals surface area contributed by atoms with Gasteiger partial charge in [0.2, 0.25) is 0 Å². The molecule has 2 N–H and O–H groups in total. The van der Waals surface area contributed by atoms with Crippen LogP contribution >= 0.6 is 12.4 Å². The van der Waals surface area contributed by atoms with E-state index in [-0.39, 0.29) is 36.3 Å². The van der Waals surface area contributed by atoms with Gasteiger partial charge in [0.25, 0.3) is 0 Å². The Morgan fingerprint density at radius 2 is 1.58 bits per heavy atom. The second-order valence-corrected chi connectivity index (χ2v) is 17.4. The maximum absolute atomic E-state index is 17.1. The number of carbonyl (C=O) groups is 3. The van der Waals surface area contributed by atoms with Crippen molar-refractivity contribution in [2.24, 2.45) is 22.7 Å². The van der Waals surface area contributed by atoms with Gasteiger partial charge in [0.15, 0.2) is 28.6 Å². The monoisotopic (exact) mass is 779 g/mol. The summed E-state index contributed by atoms with van der Waals surface area (Å²) in [6, 6.07) is 20.7. The largest absolute Gasteiger partial charge is 0.390 e. The molecular weight excluding hydrogens is 721 g/mol. The second kappa shape index (κ2) is 15.4. The Labute approximate surface area is 332 Å². The third kappa shape index (κ3) is 6.51. The van der Waals surface area contributed by atoms with Gasteiger partial charge < -0.3 is 24.6 Å². The van der Waals surface area contributed by atoms with Gasteiger partial charge >= 0.3 is 0 Å². The number of carbonyl (C=O) groups excluding carboxylic acids is 3. The van der Waals surface area contributed by atoms with Gasteiger partial charge in [0.1, 0.15) is 12.4 Å². The first kappa shape index (κ1) is 43.1. The number of ether oxygens (including phenoxy) is 2. The van der Waals surface area contributed by atoms with E-state index >= 15 is 4.39 Å². The van der Waals surface area contributed by atoms with Crippen LogP contribution in [-0.2, 0) is 29.3 Å². The van der Waals surface area contributed by atoms with Gasteiger partial charge in [-0.3, -0.25) is 14.4 Å². The predicted octanol–water partition coefficient (Wildman–Crippen LogP) is 7.13. The molecule has 300 valence electrons. The van der Waals surface area contributed by atoms with Crippen molar-refractivity contribution in [1.82, 2.24) is 4.90 Å². The molecule has 4 aliphatic carbocycles. The lowest BCUT2D eigenvalue weighted by Gasteiger charge is -2.62. The van der Waals surface area contributed by atoms with Crippen LogP contribution in [0.25, 0.3) is 0 Å². The molecule has 5 aliphatic rings. The Morgan fingerprint density at radius 3 is 2.11 bits per heavy atom. The summed E-state index contributed by atoms with van der Waals surface area (Å²) in [4.78, 5) is 40.5. The number of aliphatic hydroxyl groups excluding tert-OH is 2. The number of allylic oxidation sites excluding steroid dienone is 4. The SMILES string of the molecule is CC1(C)O[C@@H]2C[C@H]3[C@@H]4CCC5=CC(=O)C=C[C@]5(C)[C@@]4(F)[C@@H](O)C[C@]3(C)[C@]2(C(=O)CO)O1.CCC(=O)C(CC(C)N(C)C)(c1ccccc1)c1ccccc1.Cl. The number of fused-ring (bicyclic) bond motifs is 7. The van der Waals surface area contributed by atoms with Crippen molar-refractivity contribution in [2.45, 2.75) is 121 Å². The van der Waals surface area contributed by atoms with E-state index in [1.807, 2.05) is 50.2 Å². The number of benzene rings is 2. The lowest BCUT2D eigenvalue weighted by molar-refractivity contribution is -0.246. The van der Waals surface area contributed by atoms with Crippen molar-refractivity contribution >= 4 is 29.8 Å². The number of nitrogens with zero attached hydrogens (tertiary/aromatic N) is 1. The molecule has 2 aromatic carbocycles. The van der Waals surface area contributed by atoms with Gasteiger partial charge in [0.05, 0.1) is 17.6 Å². The summed E-state index contributed by atoms with van der Waals surface area (Å²) in [5.74, 6) is -2.18. The van der Waals surface area contributed by atoms with Gasteiger partial charge in [-0.25, -0.2) is 4.39 Å². The Morgan fingerprint density at radius 1 is 1.00 bits per heavy atom. The van der Waals surface area contributed by atoms with Crippen molar-refractivity contribution in [1.29, 1.82) is 0 Å². The Kier molecular flexibility index (Phi) is 12.0. The molecule has 10 heteroatoms. The quantitative estimate of drug-likeness (QED) is 0.277. The summed E-state index contributed by atoms with van der Waals surface area (Å²) >= 11 is 0. The number of Topliss-reactive ketones (excluding diaryl/α,β-unsaturated/α-hetero) is 2. The number of aliphatic hydroxyl groups is 2. The number of hydrogen-bond acceptors (Lipinski definition) is 8. The van der Waals surface area contributed by atoms with Crippen LogP contribution < -0.4 is 0 Å². The first-order chi connectivity index (χ1) is 25.4. The van der Waals surface area contributed by atoms with E-state index in [1.54, 1.807) is 26.8 Å².